The van der Waals surface area contributed by atoms with E-state index in [1.165, 1.54) is 0 Å². The van der Waals surface area contributed by atoms with Gasteiger partial charge in [-0.2, -0.15) is 5.26 Å². The fraction of sp³-hybridized carbons (Fsp3) is 0.188. The number of aromatic nitrogens is 1. The zero-order valence-corrected chi connectivity index (χ0v) is 11.5. The summed E-state index contributed by atoms with van der Waals surface area (Å²) in [5.41, 5.74) is 3.02. The predicted octanol–water partition coefficient (Wildman–Crippen LogP) is 2.94. The number of nitriles is 1. The average molecular weight is 279 g/mol. The summed E-state index contributed by atoms with van der Waals surface area (Å²) in [7, 11) is 0. The van der Waals surface area contributed by atoms with Crippen LogP contribution in [0.3, 0.4) is 0 Å². The normalized spacial score (nSPS) is 13.0. The molecule has 1 aliphatic heterocycles. The highest BCUT2D eigenvalue weighted by Crippen LogP contribution is 2.30. The maximum Gasteiger partial charge on any atom is 0.237 e. The number of carbonyl (C=O) groups excluding carboxylic acids is 1. The molecule has 2 aromatic rings. The molecule has 2 heterocycles. The standard InChI is InChI=1S/C16H13N3O2/c1-10-2-3-12(9-17)16(18-10)21-13-5-6-14-11(8-13)4-7-15(20)19-14/h2-3,5-6,8H,4,7H2,1H3,(H,19,20). The maximum atomic E-state index is 11.3. The second-order valence-electron chi connectivity index (χ2n) is 4.89. The quantitative estimate of drug-likeness (QED) is 0.917. The summed E-state index contributed by atoms with van der Waals surface area (Å²) in [5, 5.41) is 11.9. The molecule has 0 fully saturated rings. The zero-order chi connectivity index (χ0) is 14.8. The largest absolute Gasteiger partial charge is 0.438 e. The van der Waals surface area contributed by atoms with E-state index in [-0.39, 0.29) is 5.91 Å². The summed E-state index contributed by atoms with van der Waals surface area (Å²) in [6.07, 6.45) is 1.16. The van der Waals surface area contributed by atoms with E-state index in [4.69, 9.17) is 10.00 Å². The summed E-state index contributed by atoms with van der Waals surface area (Å²) in [6, 6.07) is 11.0. The summed E-state index contributed by atoms with van der Waals surface area (Å²) in [5.74, 6) is 0.945. The highest BCUT2D eigenvalue weighted by molar-refractivity contribution is 5.94. The molecule has 1 amide bonds. The van der Waals surface area contributed by atoms with Crippen LogP contribution in [-0.2, 0) is 11.2 Å². The lowest BCUT2D eigenvalue weighted by molar-refractivity contribution is -0.116. The van der Waals surface area contributed by atoms with Gasteiger partial charge in [-0.3, -0.25) is 4.79 Å². The first-order valence-electron chi connectivity index (χ1n) is 6.64. The number of ether oxygens (including phenoxy) is 1. The Labute approximate surface area is 122 Å². The van der Waals surface area contributed by atoms with Crippen LogP contribution in [0.5, 0.6) is 11.6 Å². The smallest absolute Gasteiger partial charge is 0.237 e. The Bertz CT molecular complexity index is 763. The lowest BCUT2D eigenvalue weighted by Crippen LogP contribution is -2.18. The molecular weight excluding hydrogens is 266 g/mol. The molecule has 1 aromatic heterocycles. The van der Waals surface area contributed by atoms with Gasteiger partial charge in [0.1, 0.15) is 17.4 Å². The van der Waals surface area contributed by atoms with Gasteiger partial charge >= 0.3 is 0 Å². The lowest BCUT2D eigenvalue weighted by Gasteiger charge is -2.17. The molecular formula is C16H13N3O2. The number of hydrogen-bond acceptors (Lipinski definition) is 4. The Morgan fingerprint density at radius 1 is 1.29 bits per heavy atom. The number of nitrogens with zero attached hydrogens (tertiary/aromatic N) is 2. The molecule has 0 spiro atoms. The van der Waals surface area contributed by atoms with Crippen molar-refractivity contribution in [1.29, 1.82) is 5.26 Å². The Kier molecular flexibility index (Phi) is 3.28. The molecule has 5 heteroatoms. The van der Waals surface area contributed by atoms with Crippen LogP contribution in [0.2, 0.25) is 0 Å². The van der Waals surface area contributed by atoms with Crippen LogP contribution in [0.4, 0.5) is 5.69 Å². The van der Waals surface area contributed by atoms with Crippen molar-refractivity contribution in [3.8, 4) is 17.7 Å². The topological polar surface area (TPSA) is 75.0 Å². The van der Waals surface area contributed by atoms with Crippen molar-refractivity contribution < 1.29 is 9.53 Å². The minimum atomic E-state index is 0.0308. The Hall–Kier alpha value is -2.87. The molecule has 104 valence electrons. The number of fused-ring (bicyclic) bond motifs is 1. The van der Waals surface area contributed by atoms with Crippen LogP contribution in [0, 0.1) is 18.3 Å². The molecule has 21 heavy (non-hydrogen) atoms. The highest BCUT2D eigenvalue weighted by Gasteiger charge is 2.16. The van der Waals surface area contributed by atoms with Crippen LogP contribution in [0.1, 0.15) is 23.2 Å². The third-order valence-corrected chi connectivity index (χ3v) is 3.31. The fourth-order valence-electron chi connectivity index (χ4n) is 2.23. The highest BCUT2D eigenvalue weighted by atomic mass is 16.5. The fourth-order valence-corrected chi connectivity index (χ4v) is 2.23. The van der Waals surface area contributed by atoms with Gasteiger partial charge in [-0.1, -0.05) is 0 Å². The number of anilines is 1. The van der Waals surface area contributed by atoms with E-state index in [1.807, 2.05) is 19.1 Å². The van der Waals surface area contributed by atoms with E-state index in [0.717, 1.165) is 16.9 Å². The molecule has 0 saturated heterocycles. The second kappa shape index (κ2) is 5.25. The van der Waals surface area contributed by atoms with Gasteiger partial charge in [-0.05, 0) is 49.2 Å². The number of aryl methyl sites for hydroxylation is 2. The van der Waals surface area contributed by atoms with E-state index in [0.29, 0.717) is 30.0 Å². The molecule has 1 aliphatic rings. The second-order valence-corrected chi connectivity index (χ2v) is 4.89. The summed E-state index contributed by atoms with van der Waals surface area (Å²) in [4.78, 5) is 15.6. The van der Waals surface area contributed by atoms with Crippen molar-refractivity contribution in [2.24, 2.45) is 0 Å². The first-order valence-corrected chi connectivity index (χ1v) is 6.64. The van der Waals surface area contributed by atoms with E-state index in [1.54, 1.807) is 18.2 Å². The third-order valence-electron chi connectivity index (χ3n) is 3.31. The molecule has 0 radical (unpaired) electrons. The first kappa shape index (κ1) is 13.1. The van der Waals surface area contributed by atoms with Crippen LogP contribution in [-0.4, -0.2) is 10.9 Å². The van der Waals surface area contributed by atoms with Gasteiger partial charge in [0.15, 0.2) is 0 Å². The van der Waals surface area contributed by atoms with E-state index in [2.05, 4.69) is 16.4 Å². The number of benzene rings is 1. The SMILES string of the molecule is Cc1ccc(C#N)c(Oc2ccc3c(c2)CCC(=O)N3)n1. The van der Waals surface area contributed by atoms with Crippen LogP contribution >= 0.6 is 0 Å². The van der Waals surface area contributed by atoms with Gasteiger partial charge in [-0.25, -0.2) is 4.98 Å². The molecule has 1 aromatic carbocycles. The first-order chi connectivity index (χ1) is 10.2. The van der Waals surface area contributed by atoms with Crippen molar-refractivity contribution in [3.05, 3.63) is 47.2 Å². The van der Waals surface area contributed by atoms with Gasteiger partial charge < -0.3 is 10.1 Å². The Morgan fingerprint density at radius 3 is 2.95 bits per heavy atom. The number of amides is 1. The van der Waals surface area contributed by atoms with Gasteiger partial charge in [0.2, 0.25) is 11.8 Å². The monoisotopic (exact) mass is 279 g/mol. The molecule has 0 saturated carbocycles. The number of pyridine rings is 1. The van der Waals surface area contributed by atoms with Gasteiger partial charge in [0.25, 0.3) is 0 Å². The Morgan fingerprint density at radius 2 is 2.14 bits per heavy atom. The van der Waals surface area contributed by atoms with E-state index >= 15 is 0 Å². The molecule has 0 unspecified atom stereocenters. The number of rotatable bonds is 2. The molecule has 1 N–H and O–H groups in total. The van der Waals surface area contributed by atoms with Gasteiger partial charge in [0.05, 0.1) is 0 Å². The number of hydrogen-bond donors (Lipinski definition) is 1. The number of nitrogens with one attached hydrogen (secondary N) is 1. The van der Waals surface area contributed by atoms with Crippen molar-refractivity contribution in [3.63, 3.8) is 0 Å². The predicted molar refractivity (Wildman–Crippen MR) is 77.2 cm³/mol. The maximum absolute atomic E-state index is 11.3. The van der Waals surface area contributed by atoms with Crippen LogP contribution in [0.15, 0.2) is 30.3 Å². The van der Waals surface area contributed by atoms with E-state index in [9.17, 15) is 4.79 Å². The lowest BCUT2D eigenvalue weighted by atomic mass is 10.0. The average Bonchev–Trinajstić information content (AvgIpc) is 2.48. The van der Waals surface area contributed by atoms with Gasteiger partial charge in [-0.15, -0.1) is 0 Å². The minimum absolute atomic E-state index is 0.0308. The van der Waals surface area contributed by atoms with E-state index < -0.39 is 0 Å². The molecule has 5 nitrogen and oxygen atoms in total. The van der Waals surface area contributed by atoms with Crippen LogP contribution < -0.4 is 10.1 Å². The summed E-state index contributed by atoms with van der Waals surface area (Å²) in [6.45, 7) is 1.84. The molecule has 0 bridgehead atoms. The minimum Gasteiger partial charge on any atom is -0.438 e. The summed E-state index contributed by atoms with van der Waals surface area (Å²) >= 11 is 0. The molecule has 0 aliphatic carbocycles. The van der Waals surface area contributed by atoms with Crippen molar-refractivity contribution in [1.82, 2.24) is 4.98 Å². The van der Waals surface area contributed by atoms with Crippen molar-refractivity contribution in [2.75, 3.05) is 5.32 Å². The summed E-state index contributed by atoms with van der Waals surface area (Å²) < 4.78 is 5.73. The zero-order valence-electron chi connectivity index (χ0n) is 11.5. The van der Waals surface area contributed by atoms with Crippen molar-refractivity contribution >= 4 is 11.6 Å². The van der Waals surface area contributed by atoms with Gasteiger partial charge in [0, 0.05) is 17.8 Å². The van der Waals surface area contributed by atoms with Crippen LogP contribution in [0.25, 0.3) is 0 Å². The molecule has 3 rings (SSSR count). The molecule has 0 atom stereocenters. The number of carbonyl (C=O) groups is 1. The Balaban J connectivity index is 1.91. The third kappa shape index (κ3) is 2.70. The van der Waals surface area contributed by atoms with Crippen molar-refractivity contribution in [2.45, 2.75) is 19.8 Å².